The highest BCUT2D eigenvalue weighted by atomic mass is 16.6. The van der Waals surface area contributed by atoms with E-state index in [0.29, 0.717) is 0 Å². The van der Waals surface area contributed by atoms with Crippen molar-refractivity contribution in [3.05, 3.63) is 12.0 Å². The predicted molar refractivity (Wildman–Crippen MR) is 74.8 cm³/mol. The van der Waals surface area contributed by atoms with Crippen molar-refractivity contribution in [2.24, 2.45) is 0 Å². The van der Waals surface area contributed by atoms with Gasteiger partial charge in [-0.05, 0) is 39.2 Å². The van der Waals surface area contributed by atoms with Gasteiger partial charge in [-0.2, -0.15) is 0 Å². The summed E-state index contributed by atoms with van der Waals surface area (Å²) in [6, 6.07) is 0.00329. The average Bonchev–Trinajstić information content (AvgIpc) is 2.95. The predicted octanol–water partition coefficient (Wildman–Crippen LogP) is 1.86. The molecule has 1 fully saturated rings. The molecule has 1 unspecified atom stereocenters. The summed E-state index contributed by atoms with van der Waals surface area (Å²) in [6.07, 6.45) is 3.44. The van der Waals surface area contributed by atoms with Gasteiger partial charge in [0.2, 0.25) is 0 Å². The van der Waals surface area contributed by atoms with Crippen LogP contribution in [0.1, 0.15) is 45.5 Å². The van der Waals surface area contributed by atoms with Crippen LogP contribution in [0, 0.1) is 0 Å². The van der Waals surface area contributed by atoms with Crippen molar-refractivity contribution < 1.29 is 9.53 Å². The van der Waals surface area contributed by atoms with Gasteiger partial charge >= 0.3 is 6.09 Å². The molecule has 2 heterocycles. The summed E-state index contributed by atoms with van der Waals surface area (Å²) in [4.78, 5) is 21.5. The van der Waals surface area contributed by atoms with E-state index >= 15 is 0 Å². The molecule has 0 bridgehead atoms. The molecule has 103 valence electrons. The second-order valence-electron chi connectivity index (χ2n) is 5.84. The van der Waals surface area contributed by atoms with Gasteiger partial charge in [0.15, 0.2) is 7.28 Å². The number of H-pyrrole nitrogens is 1. The maximum Gasteiger partial charge on any atom is 0.410 e. The monoisotopic (exact) mass is 262 g/mol. The molecule has 6 heteroatoms. The molecular weight excluding hydrogens is 241 g/mol. The molecule has 5 nitrogen and oxygen atoms in total. The first-order valence-electron chi connectivity index (χ1n) is 6.74. The number of aromatic amines is 1. The SMILES string of the molecule is C[B]c1cnc(C2CCCN2C(=O)OC(C)(C)C)[nH]1. The van der Waals surface area contributed by atoms with Gasteiger partial charge in [0.05, 0.1) is 6.04 Å². The number of rotatable bonds is 2. The van der Waals surface area contributed by atoms with Crippen molar-refractivity contribution >= 4 is 19.0 Å². The number of carbonyl (C=O) groups is 1. The zero-order chi connectivity index (χ0) is 14.0. The van der Waals surface area contributed by atoms with Crippen molar-refractivity contribution in [3.8, 4) is 0 Å². The number of likely N-dealkylation sites (tertiary alicyclic amines) is 1. The highest BCUT2D eigenvalue weighted by molar-refractivity contribution is 6.50. The number of carbonyl (C=O) groups excluding carboxylic acids is 1. The number of hydrogen-bond acceptors (Lipinski definition) is 3. The Morgan fingerprint density at radius 2 is 2.32 bits per heavy atom. The Bertz CT molecular complexity index is 453. The lowest BCUT2D eigenvalue weighted by atomic mass is 9.79. The summed E-state index contributed by atoms with van der Waals surface area (Å²) in [7, 11) is 1.96. The molecule has 0 aliphatic carbocycles. The normalized spacial score (nSPS) is 19.6. The largest absolute Gasteiger partial charge is 0.444 e. The summed E-state index contributed by atoms with van der Waals surface area (Å²) >= 11 is 0. The molecular formula is C13H21BN3O2. The number of imidazole rings is 1. The van der Waals surface area contributed by atoms with Crippen molar-refractivity contribution in [1.82, 2.24) is 14.9 Å². The lowest BCUT2D eigenvalue weighted by Gasteiger charge is -2.27. The summed E-state index contributed by atoms with van der Waals surface area (Å²) < 4.78 is 5.44. The molecule has 0 aromatic carbocycles. The Kier molecular flexibility index (Phi) is 3.87. The zero-order valence-corrected chi connectivity index (χ0v) is 12.1. The van der Waals surface area contributed by atoms with Crippen LogP contribution >= 0.6 is 0 Å². The van der Waals surface area contributed by atoms with Gasteiger partial charge < -0.3 is 9.72 Å². The van der Waals surface area contributed by atoms with Crippen molar-refractivity contribution in [3.63, 3.8) is 0 Å². The van der Waals surface area contributed by atoms with Crippen LogP contribution in [0.2, 0.25) is 6.82 Å². The van der Waals surface area contributed by atoms with E-state index in [4.69, 9.17) is 4.74 Å². The van der Waals surface area contributed by atoms with Crippen LogP contribution in [-0.2, 0) is 4.74 Å². The van der Waals surface area contributed by atoms with E-state index in [0.717, 1.165) is 30.8 Å². The lowest BCUT2D eigenvalue weighted by Crippen LogP contribution is -2.36. The summed E-state index contributed by atoms with van der Waals surface area (Å²) in [5.74, 6) is 0.844. The molecule has 1 amide bonds. The summed E-state index contributed by atoms with van der Waals surface area (Å²) in [6.45, 7) is 8.33. The molecule has 1 aromatic heterocycles. The van der Waals surface area contributed by atoms with E-state index < -0.39 is 5.60 Å². The average molecular weight is 262 g/mol. The van der Waals surface area contributed by atoms with Crippen LogP contribution in [0.5, 0.6) is 0 Å². The smallest absolute Gasteiger partial charge is 0.410 e. The standard InChI is InChI=1S/C13H21BN3O2/c1-13(2,3)19-12(18)17-7-5-6-9(17)11-15-8-10(14-4)16-11/h8-9H,5-7H2,1-4H3,(H,15,16). The Morgan fingerprint density at radius 3 is 2.89 bits per heavy atom. The molecule has 0 spiro atoms. The molecule has 2 rings (SSSR count). The molecule has 1 aliphatic rings. The Labute approximate surface area is 115 Å². The third kappa shape index (κ3) is 3.30. The number of ether oxygens (including phenoxy) is 1. The van der Waals surface area contributed by atoms with Crippen LogP contribution in [-0.4, -0.2) is 40.4 Å². The van der Waals surface area contributed by atoms with Gasteiger partial charge in [-0.3, -0.25) is 4.90 Å². The maximum absolute atomic E-state index is 12.2. The molecule has 0 saturated carbocycles. The van der Waals surface area contributed by atoms with Crippen molar-refractivity contribution in [2.75, 3.05) is 6.54 Å². The van der Waals surface area contributed by atoms with E-state index in [9.17, 15) is 4.79 Å². The molecule has 1 N–H and O–H groups in total. The third-order valence-corrected chi connectivity index (χ3v) is 3.12. The van der Waals surface area contributed by atoms with E-state index in [1.807, 2.05) is 34.9 Å². The number of nitrogens with one attached hydrogen (secondary N) is 1. The Morgan fingerprint density at radius 1 is 1.58 bits per heavy atom. The number of aromatic nitrogens is 2. The maximum atomic E-state index is 12.2. The van der Waals surface area contributed by atoms with Crippen molar-refractivity contribution in [2.45, 2.75) is 52.1 Å². The van der Waals surface area contributed by atoms with E-state index in [1.165, 1.54) is 0 Å². The van der Waals surface area contributed by atoms with Gasteiger partial charge in [0, 0.05) is 12.7 Å². The Balaban J connectivity index is 2.10. The van der Waals surface area contributed by atoms with Crippen LogP contribution in [0.3, 0.4) is 0 Å². The fraction of sp³-hybridized carbons (Fsp3) is 0.692. The van der Waals surface area contributed by atoms with Crippen LogP contribution in [0.15, 0.2) is 6.20 Å². The fourth-order valence-corrected chi connectivity index (χ4v) is 2.26. The number of hydrogen-bond donors (Lipinski definition) is 1. The van der Waals surface area contributed by atoms with Gasteiger partial charge in [-0.1, -0.05) is 6.82 Å². The van der Waals surface area contributed by atoms with Gasteiger partial charge in [-0.25, -0.2) is 9.78 Å². The molecule has 1 aromatic rings. The minimum atomic E-state index is -0.463. The highest BCUT2D eigenvalue weighted by Crippen LogP contribution is 2.30. The van der Waals surface area contributed by atoms with Crippen LogP contribution in [0.4, 0.5) is 4.79 Å². The van der Waals surface area contributed by atoms with Gasteiger partial charge in [-0.15, -0.1) is 0 Å². The molecule has 1 aliphatic heterocycles. The minimum Gasteiger partial charge on any atom is -0.444 e. The molecule has 1 atom stereocenters. The quantitative estimate of drug-likeness (QED) is 0.827. The first-order chi connectivity index (χ1) is 8.90. The molecule has 19 heavy (non-hydrogen) atoms. The Hall–Kier alpha value is -1.46. The van der Waals surface area contributed by atoms with Crippen LogP contribution in [0.25, 0.3) is 0 Å². The topological polar surface area (TPSA) is 58.2 Å². The summed E-state index contributed by atoms with van der Waals surface area (Å²) in [5.41, 5.74) is 0.515. The van der Waals surface area contributed by atoms with Crippen LogP contribution < -0.4 is 5.59 Å². The fourth-order valence-electron chi connectivity index (χ4n) is 2.26. The van der Waals surface area contributed by atoms with Gasteiger partial charge in [0.1, 0.15) is 11.4 Å². The second-order valence-corrected chi connectivity index (χ2v) is 5.84. The lowest BCUT2D eigenvalue weighted by molar-refractivity contribution is 0.0219. The molecule has 1 radical (unpaired) electrons. The van der Waals surface area contributed by atoms with E-state index in [-0.39, 0.29) is 12.1 Å². The second kappa shape index (κ2) is 5.27. The van der Waals surface area contributed by atoms with E-state index in [1.54, 1.807) is 11.1 Å². The highest BCUT2D eigenvalue weighted by Gasteiger charge is 2.34. The minimum absolute atomic E-state index is 0.00329. The number of amides is 1. The van der Waals surface area contributed by atoms with Crippen molar-refractivity contribution in [1.29, 1.82) is 0 Å². The van der Waals surface area contributed by atoms with E-state index in [2.05, 4.69) is 9.97 Å². The van der Waals surface area contributed by atoms with Gasteiger partial charge in [0.25, 0.3) is 0 Å². The molecule has 1 saturated heterocycles. The summed E-state index contributed by atoms with van der Waals surface area (Å²) in [5, 5.41) is 0. The number of nitrogens with zero attached hydrogens (tertiary/aromatic N) is 2. The first kappa shape index (κ1) is 14.0. The zero-order valence-electron chi connectivity index (χ0n) is 12.1. The third-order valence-electron chi connectivity index (χ3n) is 3.12. The first-order valence-corrected chi connectivity index (χ1v) is 6.74.